The van der Waals surface area contributed by atoms with Crippen LogP contribution in [-0.4, -0.2) is 39.8 Å². The van der Waals surface area contributed by atoms with Gasteiger partial charge in [0.25, 0.3) is 11.6 Å². The number of sulfonamides is 1. The molecule has 0 aliphatic rings. The summed E-state index contributed by atoms with van der Waals surface area (Å²) >= 11 is 0. The van der Waals surface area contributed by atoms with Crippen molar-refractivity contribution in [3.05, 3.63) is 70.8 Å². The first-order valence-electron chi connectivity index (χ1n) is 8.84. The third-order valence-electron chi connectivity index (χ3n) is 3.99. The fourth-order valence-corrected chi connectivity index (χ4v) is 3.80. The van der Waals surface area contributed by atoms with Crippen molar-refractivity contribution < 1.29 is 18.1 Å². The lowest BCUT2D eigenvalue weighted by Crippen LogP contribution is -2.16. The predicted molar refractivity (Wildman–Crippen MR) is 110 cm³/mol. The number of carbonyl (C=O) groups excluding carboxylic acids is 1. The normalized spacial score (nSPS) is 11.1. The molecule has 1 heterocycles. The van der Waals surface area contributed by atoms with Crippen LogP contribution in [0.25, 0.3) is 5.69 Å². The topological polar surface area (TPSA) is 149 Å². The molecule has 12 heteroatoms. The summed E-state index contributed by atoms with van der Waals surface area (Å²) in [5.41, 5.74) is 0.737. The Morgan fingerprint density at radius 1 is 1.17 bits per heavy atom. The maximum atomic E-state index is 12.5. The Morgan fingerprint density at radius 2 is 1.87 bits per heavy atom. The number of nitrogens with zero attached hydrogens (tertiary/aromatic N) is 4. The monoisotopic (exact) mass is 430 g/mol. The van der Waals surface area contributed by atoms with E-state index in [-0.39, 0.29) is 22.7 Å². The van der Waals surface area contributed by atoms with Crippen LogP contribution < -0.4 is 10.0 Å². The zero-order valence-electron chi connectivity index (χ0n) is 15.8. The molecule has 0 spiro atoms. The molecule has 0 radical (unpaired) electrons. The van der Waals surface area contributed by atoms with Crippen molar-refractivity contribution in [1.29, 1.82) is 0 Å². The van der Waals surface area contributed by atoms with E-state index < -0.39 is 20.9 Å². The lowest BCUT2D eigenvalue weighted by molar-refractivity contribution is -0.384. The number of anilines is 2. The minimum atomic E-state index is -3.41. The summed E-state index contributed by atoms with van der Waals surface area (Å²) in [4.78, 5) is 27.1. The van der Waals surface area contributed by atoms with E-state index in [1.54, 1.807) is 6.92 Å². The summed E-state index contributed by atoms with van der Waals surface area (Å²) in [6, 6.07) is 10.1. The van der Waals surface area contributed by atoms with Gasteiger partial charge < -0.3 is 5.32 Å². The number of carbonyl (C=O) groups is 1. The van der Waals surface area contributed by atoms with Crippen molar-refractivity contribution in [1.82, 2.24) is 14.8 Å². The van der Waals surface area contributed by atoms with Gasteiger partial charge in [0.1, 0.15) is 18.3 Å². The second-order valence-corrected chi connectivity index (χ2v) is 8.09. The molecule has 0 saturated heterocycles. The molecular formula is C18H18N6O5S. The molecule has 156 valence electrons. The molecule has 0 unspecified atom stereocenters. The van der Waals surface area contributed by atoms with Crippen molar-refractivity contribution in [2.75, 3.05) is 15.8 Å². The second-order valence-electron chi connectivity index (χ2n) is 6.25. The van der Waals surface area contributed by atoms with Gasteiger partial charge in [0, 0.05) is 23.0 Å². The average molecular weight is 430 g/mol. The number of hydrogen-bond acceptors (Lipinski definition) is 7. The maximum Gasteiger partial charge on any atom is 0.295 e. The zero-order valence-corrected chi connectivity index (χ0v) is 16.7. The van der Waals surface area contributed by atoms with Crippen molar-refractivity contribution in [3.8, 4) is 5.69 Å². The molecule has 0 bridgehead atoms. The molecule has 30 heavy (non-hydrogen) atoms. The largest absolute Gasteiger partial charge is 0.322 e. The first-order valence-corrected chi connectivity index (χ1v) is 10.5. The van der Waals surface area contributed by atoms with E-state index in [1.807, 2.05) is 0 Å². The van der Waals surface area contributed by atoms with E-state index in [1.165, 1.54) is 53.7 Å². The second kappa shape index (κ2) is 8.69. The van der Waals surface area contributed by atoms with Crippen LogP contribution in [0.15, 0.2) is 55.1 Å². The molecule has 11 nitrogen and oxygen atoms in total. The van der Waals surface area contributed by atoms with Gasteiger partial charge in [-0.15, -0.1) is 0 Å². The molecule has 0 aliphatic carbocycles. The van der Waals surface area contributed by atoms with E-state index in [4.69, 9.17) is 0 Å². The number of benzene rings is 2. The number of nitrogens with one attached hydrogen (secondary N) is 2. The highest BCUT2D eigenvalue weighted by Gasteiger charge is 2.19. The summed E-state index contributed by atoms with van der Waals surface area (Å²) < 4.78 is 27.3. The molecule has 0 aliphatic heterocycles. The molecule has 2 aromatic carbocycles. The summed E-state index contributed by atoms with van der Waals surface area (Å²) in [6.07, 6.45) is 3.06. The van der Waals surface area contributed by atoms with E-state index in [9.17, 15) is 23.3 Å². The number of aromatic nitrogens is 3. The zero-order chi connectivity index (χ0) is 21.7. The Balaban J connectivity index is 1.76. The highest BCUT2D eigenvalue weighted by Crippen LogP contribution is 2.24. The molecule has 3 aromatic rings. The lowest BCUT2D eigenvalue weighted by atomic mass is 10.1. The van der Waals surface area contributed by atoms with Gasteiger partial charge in [-0.1, -0.05) is 6.92 Å². The van der Waals surface area contributed by atoms with E-state index >= 15 is 0 Å². The van der Waals surface area contributed by atoms with Crippen molar-refractivity contribution in [2.45, 2.75) is 13.3 Å². The quantitative estimate of drug-likeness (QED) is 0.412. The standard InChI is InChI=1S/C18H18N6O5S/c1-2-9-30(28,29)22-15-6-4-14(5-7-15)21-18(25)13-3-8-16(17(10-13)24(26)27)23-12-19-11-20-23/h3-8,10-12,22H,2,9H2,1H3,(H,21,25). The van der Waals surface area contributed by atoms with Crippen LogP contribution in [0.1, 0.15) is 23.7 Å². The van der Waals surface area contributed by atoms with E-state index in [0.29, 0.717) is 17.8 Å². The highest BCUT2D eigenvalue weighted by atomic mass is 32.2. The molecular weight excluding hydrogens is 412 g/mol. The fraction of sp³-hybridized carbons (Fsp3) is 0.167. The Labute approximate surface area is 172 Å². The third kappa shape index (κ3) is 4.97. The van der Waals surface area contributed by atoms with Crippen LogP contribution in [0, 0.1) is 10.1 Å². The predicted octanol–water partition coefficient (Wildman–Crippen LogP) is 2.58. The highest BCUT2D eigenvalue weighted by molar-refractivity contribution is 7.92. The Morgan fingerprint density at radius 3 is 2.47 bits per heavy atom. The molecule has 3 rings (SSSR count). The van der Waals surface area contributed by atoms with Crippen molar-refractivity contribution >= 4 is 33.0 Å². The van der Waals surface area contributed by atoms with Crippen molar-refractivity contribution in [3.63, 3.8) is 0 Å². The Kier molecular flexibility index (Phi) is 6.06. The van der Waals surface area contributed by atoms with Gasteiger partial charge in [0.15, 0.2) is 0 Å². The molecule has 2 N–H and O–H groups in total. The summed E-state index contributed by atoms with van der Waals surface area (Å²) in [5.74, 6) is -0.544. The number of hydrogen-bond donors (Lipinski definition) is 2. The first-order chi connectivity index (χ1) is 14.3. The van der Waals surface area contributed by atoms with Gasteiger partial charge in [0.2, 0.25) is 10.0 Å². The number of amides is 1. The summed E-state index contributed by atoms with van der Waals surface area (Å²) in [6.45, 7) is 1.76. The smallest absolute Gasteiger partial charge is 0.295 e. The minimum absolute atomic E-state index is 0.00879. The van der Waals surface area contributed by atoms with Crippen LogP contribution in [0.3, 0.4) is 0 Å². The fourth-order valence-electron chi connectivity index (χ4n) is 2.66. The molecule has 0 atom stereocenters. The van der Waals surface area contributed by atoms with Crippen LogP contribution in [-0.2, 0) is 10.0 Å². The molecule has 0 saturated carbocycles. The van der Waals surface area contributed by atoms with Gasteiger partial charge in [-0.25, -0.2) is 18.1 Å². The van der Waals surface area contributed by atoms with E-state index in [2.05, 4.69) is 20.1 Å². The maximum absolute atomic E-state index is 12.5. The lowest BCUT2D eigenvalue weighted by Gasteiger charge is -2.09. The molecule has 0 fully saturated rings. The third-order valence-corrected chi connectivity index (χ3v) is 5.48. The summed E-state index contributed by atoms with van der Waals surface area (Å²) in [5, 5.41) is 17.9. The number of nitro benzene ring substituents is 1. The van der Waals surface area contributed by atoms with Gasteiger partial charge in [-0.3, -0.25) is 19.6 Å². The van der Waals surface area contributed by atoms with Gasteiger partial charge in [-0.2, -0.15) is 5.10 Å². The molecule has 1 amide bonds. The SMILES string of the molecule is CCCS(=O)(=O)Nc1ccc(NC(=O)c2ccc(-n3cncn3)c([N+](=O)[O-])c2)cc1. The number of rotatable bonds is 8. The van der Waals surface area contributed by atoms with Gasteiger partial charge >= 0.3 is 0 Å². The Hall–Kier alpha value is -3.80. The van der Waals surface area contributed by atoms with Crippen LogP contribution in [0.4, 0.5) is 17.1 Å². The van der Waals surface area contributed by atoms with E-state index in [0.717, 1.165) is 6.07 Å². The molecule has 1 aromatic heterocycles. The average Bonchev–Trinajstić information content (AvgIpc) is 3.23. The van der Waals surface area contributed by atoms with Crippen LogP contribution in [0.2, 0.25) is 0 Å². The Bertz CT molecular complexity index is 1160. The van der Waals surface area contributed by atoms with Gasteiger partial charge in [0.05, 0.1) is 10.7 Å². The van der Waals surface area contributed by atoms with Gasteiger partial charge in [-0.05, 0) is 42.8 Å². The summed E-state index contributed by atoms with van der Waals surface area (Å²) in [7, 11) is -3.41. The first kappa shape index (κ1) is 20.9. The minimum Gasteiger partial charge on any atom is -0.322 e. The number of nitro groups is 1. The van der Waals surface area contributed by atoms with Crippen molar-refractivity contribution in [2.24, 2.45) is 0 Å². The van der Waals surface area contributed by atoms with Crippen LogP contribution >= 0.6 is 0 Å². The van der Waals surface area contributed by atoms with Crippen LogP contribution in [0.5, 0.6) is 0 Å².